The molecule has 1 aliphatic heterocycles. The molecule has 2 fully saturated rings. The van der Waals surface area contributed by atoms with Crippen molar-refractivity contribution in [2.75, 3.05) is 37.6 Å². The number of hydrogen-bond donors (Lipinski definition) is 0. The van der Waals surface area contributed by atoms with Gasteiger partial charge >= 0.3 is 0 Å². The second kappa shape index (κ2) is 5.74. The predicted molar refractivity (Wildman–Crippen MR) is 82.8 cm³/mol. The molecule has 0 aromatic heterocycles. The Balaban J connectivity index is 1.63. The van der Waals surface area contributed by atoms with Gasteiger partial charge in [0.25, 0.3) is 0 Å². The third-order valence-corrected chi connectivity index (χ3v) is 4.58. The van der Waals surface area contributed by atoms with Gasteiger partial charge in [0.15, 0.2) is 5.78 Å². The maximum atomic E-state index is 11.4. The van der Waals surface area contributed by atoms with E-state index in [4.69, 9.17) is 11.6 Å². The average molecular weight is 293 g/mol. The molecule has 0 atom stereocenters. The van der Waals surface area contributed by atoms with E-state index in [-0.39, 0.29) is 5.78 Å². The van der Waals surface area contributed by atoms with Crippen LogP contribution in [0.3, 0.4) is 0 Å². The van der Waals surface area contributed by atoms with E-state index in [1.807, 2.05) is 12.1 Å². The number of hydrogen-bond acceptors (Lipinski definition) is 3. The average Bonchev–Trinajstić information content (AvgIpc) is 3.24. The Kier molecular flexibility index (Phi) is 3.99. The first-order valence-electron chi connectivity index (χ1n) is 7.41. The first-order valence-corrected chi connectivity index (χ1v) is 7.79. The van der Waals surface area contributed by atoms with Gasteiger partial charge in [-0.05, 0) is 43.9 Å². The van der Waals surface area contributed by atoms with Gasteiger partial charge in [0, 0.05) is 38.3 Å². The Bertz CT molecular complexity index is 505. The van der Waals surface area contributed by atoms with Gasteiger partial charge in [0.2, 0.25) is 0 Å². The Morgan fingerprint density at radius 2 is 1.95 bits per heavy atom. The second-order valence-corrected chi connectivity index (χ2v) is 6.36. The Morgan fingerprint density at radius 1 is 1.25 bits per heavy atom. The number of carbonyl (C=O) groups is 1. The van der Waals surface area contributed by atoms with Crippen molar-refractivity contribution in [1.82, 2.24) is 4.90 Å². The van der Waals surface area contributed by atoms with Crippen LogP contribution in [-0.2, 0) is 0 Å². The zero-order valence-corrected chi connectivity index (χ0v) is 12.7. The number of Topliss-reactive ketones (excluding diaryl/α,β-unsaturated/α-hetero) is 1. The molecule has 0 radical (unpaired) electrons. The fraction of sp³-hybridized carbons (Fsp3) is 0.562. The van der Waals surface area contributed by atoms with Crippen LogP contribution in [0.4, 0.5) is 5.69 Å². The van der Waals surface area contributed by atoms with Crippen molar-refractivity contribution in [2.45, 2.75) is 19.8 Å². The van der Waals surface area contributed by atoms with Crippen LogP contribution in [-0.4, -0.2) is 43.4 Å². The molecular formula is C16H21ClN2O. The van der Waals surface area contributed by atoms with Crippen molar-refractivity contribution in [2.24, 2.45) is 5.92 Å². The fourth-order valence-corrected chi connectivity index (χ4v) is 3.12. The summed E-state index contributed by atoms with van der Waals surface area (Å²) in [7, 11) is 0. The zero-order valence-electron chi connectivity index (χ0n) is 11.9. The lowest BCUT2D eigenvalue weighted by molar-refractivity contribution is 0.101. The molecule has 20 heavy (non-hydrogen) atoms. The molecule has 1 aromatic rings. The highest BCUT2D eigenvalue weighted by Crippen LogP contribution is 2.31. The van der Waals surface area contributed by atoms with Crippen molar-refractivity contribution in [3.63, 3.8) is 0 Å². The highest BCUT2D eigenvalue weighted by atomic mass is 35.5. The van der Waals surface area contributed by atoms with Gasteiger partial charge in [0.1, 0.15) is 0 Å². The lowest BCUT2D eigenvalue weighted by Gasteiger charge is -2.36. The molecule has 4 heteroatoms. The quantitative estimate of drug-likeness (QED) is 0.797. The van der Waals surface area contributed by atoms with Crippen molar-refractivity contribution >= 4 is 23.1 Å². The van der Waals surface area contributed by atoms with E-state index in [1.54, 1.807) is 13.0 Å². The van der Waals surface area contributed by atoms with E-state index in [1.165, 1.54) is 19.4 Å². The fourth-order valence-electron chi connectivity index (χ4n) is 2.82. The smallest absolute Gasteiger partial charge is 0.159 e. The van der Waals surface area contributed by atoms with E-state index in [0.717, 1.165) is 37.8 Å². The molecule has 2 aliphatic rings. The van der Waals surface area contributed by atoms with E-state index < -0.39 is 0 Å². The second-order valence-electron chi connectivity index (χ2n) is 5.95. The summed E-state index contributed by atoms with van der Waals surface area (Å²) in [6.45, 7) is 7.10. The first-order chi connectivity index (χ1) is 9.63. The van der Waals surface area contributed by atoms with Crippen molar-refractivity contribution in [1.29, 1.82) is 0 Å². The van der Waals surface area contributed by atoms with Gasteiger partial charge in [0.05, 0.1) is 10.7 Å². The molecule has 1 aliphatic carbocycles. The summed E-state index contributed by atoms with van der Waals surface area (Å²) in [5.41, 5.74) is 1.74. The molecule has 3 nitrogen and oxygen atoms in total. The van der Waals surface area contributed by atoms with Crippen LogP contribution in [0.2, 0.25) is 5.02 Å². The van der Waals surface area contributed by atoms with Crippen LogP contribution < -0.4 is 4.90 Å². The summed E-state index contributed by atoms with van der Waals surface area (Å²) < 4.78 is 0. The Labute approximate surface area is 125 Å². The molecule has 1 saturated carbocycles. The number of anilines is 1. The molecule has 108 valence electrons. The predicted octanol–water partition coefficient (Wildman–Crippen LogP) is 3.07. The minimum atomic E-state index is 0.0627. The number of rotatable bonds is 4. The van der Waals surface area contributed by atoms with Gasteiger partial charge < -0.3 is 4.90 Å². The largest absolute Gasteiger partial charge is 0.368 e. The molecule has 3 rings (SSSR count). The summed E-state index contributed by atoms with van der Waals surface area (Å²) in [6.07, 6.45) is 2.83. The van der Waals surface area contributed by atoms with Crippen LogP contribution in [0.25, 0.3) is 0 Å². The van der Waals surface area contributed by atoms with Gasteiger partial charge in [-0.3, -0.25) is 9.69 Å². The maximum absolute atomic E-state index is 11.4. The van der Waals surface area contributed by atoms with E-state index in [9.17, 15) is 4.79 Å². The summed E-state index contributed by atoms with van der Waals surface area (Å²) in [6, 6.07) is 5.64. The number of benzene rings is 1. The summed E-state index contributed by atoms with van der Waals surface area (Å²) in [5.74, 6) is 1.02. The lowest BCUT2D eigenvalue weighted by atomic mass is 10.1. The molecule has 0 unspecified atom stereocenters. The number of halogens is 1. The molecule has 0 bridgehead atoms. The van der Waals surface area contributed by atoms with Gasteiger partial charge in [-0.25, -0.2) is 0 Å². The molecule has 0 N–H and O–H groups in total. The van der Waals surface area contributed by atoms with Gasteiger partial charge in [-0.2, -0.15) is 0 Å². The standard InChI is InChI=1S/C16H21ClN2O/c1-12(20)14-4-5-16(15(17)10-14)19-8-6-18(7-9-19)11-13-2-3-13/h4-5,10,13H,2-3,6-9,11H2,1H3. The number of piperazine rings is 1. The van der Waals surface area contributed by atoms with Crippen LogP contribution >= 0.6 is 11.6 Å². The minimum absolute atomic E-state index is 0.0627. The highest BCUT2D eigenvalue weighted by molar-refractivity contribution is 6.33. The third kappa shape index (κ3) is 3.15. The zero-order chi connectivity index (χ0) is 14.1. The van der Waals surface area contributed by atoms with Crippen molar-refractivity contribution < 1.29 is 4.79 Å². The normalized spacial score (nSPS) is 20.2. The molecule has 0 amide bonds. The first kappa shape index (κ1) is 13.9. The maximum Gasteiger partial charge on any atom is 0.159 e. The highest BCUT2D eigenvalue weighted by Gasteiger charge is 2.26. The molecule has 0 spiro atoms. The summed E-state index contributed by atoms with van der Waals surface area (Å²) >= 11 is 6.33. The molecule has 1 saturated heterocycles. The SMILES string of the molecule is CC(=O)c1ccc(N2CCN(CC3CC3)CC2)c(Cl)c1. The summed E-state index contributed by atoms with van der Waals surface area (Å²) in [5, 5.41) is 0.688. The van der Waals surface area contributed by atoms with E-state index in [2.05, 4.69) is 9.80 Å². The molecule has 1 heterocycles. The molecular weight excluding hydrogens is 272 g/mol. The van der Waals surface area contributed by atoms with E-state index in [0.29, 0.717) is 10.6 Å². The van der Waals surface area contributed by atoms with Crippen molar-refractivity contribution in [3.8, 4) is 0 Å². The van der Waals surface area contributed by atoms with E-state index >= 15 is 0 Å². The summed E-state index contributed by atoms with van der Waals surface area (Å²) in [4.78, 5) is 16.2. The topological polar surface area (TPSA) is 23.6 Å². The van der Waals surface area contributed by atoms with Crippen LogP contribution in [0.5, 0.6) is 0 Å². The lowest BCUT2D eigenvalue weighted by Crippen LogP contribution is -2.47. The van der Waals surface area contributed by atoms with Crippen LogP contribution in [0, 0.1) is 5.92 Å². The number of ketones is 1. The van der Waals surface area contributed by atoms with Crippen LogP contribution in [0.15, 0.2) is 18.2 Å². The van der Waals surface area contributed by atoms with Gasteiger partial charge in [-0.15, -0.1) is 0 Å². The number of nitrogens with zero attached hydrogens (tertiary/aromatic N) is 2. The monoisotopic (exact) mass is 292 g/mol. The van der Waals surface area contributed by atoms with Crippen molar-refractivity contribution in [3.05, 3.63) is 28.8 Å². The van der Waals surface area contributed by atoms with Gasteiger partial charge in [-0.1, -0.05) is 11.6 Å². The Hall–Kier alpha value is -1.06. The minimum Gasteiger partial charge on any atom is -0.368 e. The number of carbonyl (C=O) groups excluding carboxylic acids is 1. The Morgan fingerprint density at radius 3 is 2.50 bits per heavy atom. The van der Waals surface area contributed by atoms with Crippen LogP contribution in [0.1, 0.15) is 30.1 Å². The third-order valence-electron chi connectivity index (χ3n) is 4.28. The molecule has 1 aromatic carbocycles.